The van der Waals surface area contributed by atoms with Crippen LogP contribution in [0.1, 0.15) is 43.9 Å². The van der Waals surface area contributed by atoms with Gasteiger partial charge in [-0.1, -0.05) is 27.7 Å². The molecule has 0 aliphatic heterocycles. The molecule has 15 heavy (non-hydrogen) atoms. The lowest BCUT2D eigenvalue weighted by atomic mass is 9.81. The maximum atomic E-state index is 6.43. The second-order valence-corrected chi connectivity index (χ2v) is 5.89. The maximum Gasteiger partial charge on any atom is 0.0223 e. The average Bonchev–Trinajstić information content (AvgIpc) is 2.65. The Labute approximate surface area is 97.7 Å². The van der Waals surface area contributed by atoms with Gasteiger partial charge >= 0.3 is 0 Å². The second-order valence-electron chi connectivity index (χ2n) is 4.64. The van der Waals surface area contributed by atoms with Gasteiger partial charge in [0.05, 0.1) is 0 Å². The fraction of sp³-hybridized carbons (Fsp3) is 0.692. The zero-order valence-corrected chi connectivity index (χ0v) is 11.2. The van der Waals surface area contributed by atoms with E-state index in [4.69, 9.17) is 5.73 Å². The van der Waals surface area contributed by atoms with Gasteiger partial charge in [0.25, 0.3) is 0 Å². The number of thiophene rings is 1. The molecule has 0 saturated carbocycles. The van der Waals surface area contributed by atoms with Gasteiger partial charge in [0.15, 0.2) is 0 Å². The lowest BCUT2D eigenvalue weighted by molar-refractivity contribution is 0.298. The molecule has 0 aliphatic rings. The molecule has 1 unspecified atom stereocenters. The van der Waals surface area contributed by atoms with Crippen LogP contribution in [0, 0.1) is 5.92 Å². The van der Waals surface area contributed by atoms with Crippen molar-refractivity contribution in [1.29, 1.82) is 0 Å². The van der Waals surface area contributed by atoms with E-state index in [2.05, 4.69) is 39.8 Å². The van der Waals surface area contributed by atoms with E-state index in [1.807, 2.05) is 11.3 Å². The van der Waals surface area contributed by atoms with Gasteiger partial charge in [0.2, 0.25) is 0 Å². The van der Waals surface area contributed by atoms with Crippen LogP contribution < -0.4 is 5.73 Å². The van der Waals surface area contributed by atoms with Crippen LogP contribution in [0.4, 0.5) is 0 Å². The zero-order valence-electron chi connectivity index (χ0n) is 10.3. The van der Waals surface area contributed by atoms with Crippen molar-refractivity contribution in [3.63, 3.8) is 0 Å². The van der Waals surface area contributed by atoms with Crippen molar-refractivity contribution in [2.75, 3.05) is 0 Å². The molecule has 2 heteroatoms. The van der Waals surface area contributed by atoms with Crippen LogP contribution in [0.5, 0.6) is 0 Å². The van der Waals surface area contributed by atoms with Gasteiger partial charge in [-0.3, -0.25) is 0 Å². The van der Waals surface area contributed by atoms with Gasteiger partial charge in [-0.25, -0.2) is 0 Å². The first-order valence-electron chi connectivity index (χ1n) is 5.88. The summed E-state index contributed by atoms with van der Waals surface area (Å²) in [6.07, 6.45) is 3.20. The van der Waals surface area contributed by atoms with Crippen molar-refractivity contribution in [2.24, 2.45) is 11.7 Å². The first-order valence-corrected chi connectivity index (χ1v) is 6.70. The van der Waals surface area contributed by atoms with Crippen LogP contribution in [0.25, 0.3) is 0 Å². The van der Waals surface area contributed by atoms with E-state index in [0.29, 0.717) is 5.92 Å². The Morgan fingerprint density at radius 2 is 1.87 bits per heavy atom. The minimum Gasteiger partial charge on any atom is -0.325 e. The number of hydrogen-bond acceptors (Lipinski definition) is 2. The summed E-state index contributed by atoms with van der Waals surface area (Å²) in [5.74, 6) is 0.537. The van der Waals surface area contributed by atoms with Crippen molar-refractivity contribution in [3.8, 4) is 0 Å². The molecular weight excluding hydrogens is 202 g/mol. The highest BCUT2D eigenvalue weighted by Gasteiger charge is 2.27. The van der Waals surface area contributed by atoms with Gasteiger partial charge in [0.1, 0.15) is 0 Å². The Hall–Kier alpha value is -0.340. The fourth-order valence-electron chi connectivity index (χ4n) is 1.77. The summed E-state index contributed by atoms with van der Waals surface area (Å²) in [6.45, 7) is 8.83. The summed E-state index contributed by atoms with van der Waals surface area (Å²) < 4.78 is 0. The number of rotatable bonds is 5. The lowest BCUT2D eigenvalue weighted by Gasteiger charge is -2.32. The molecule has 0 spiro atoms. The minimum absolute atomic E-state index is 0.0319. The summed E-state index contributed by atoms with van der Waals surface area (Å²) in [4.78, 5) is 2.90. The fourth-order valence-corrected chi connectivity index (χ4v) is 2.86. The van der Waals surface area contributed by atoms with Crippen molar-refractivity contribution in [3.05, 3.63) is 21.9 Å². The molecule has 1 rings (SSSR count). The highest BCUT2D eigenvalue weighted by molar-refractivity contribution is 7.12. The molecule has 1 aromatic heterocycles. The molecule has 0 saturated heterocycles. The van der Waals surface area contributed by atoms with Gasteiger partial charge in [-0.05, 0) is 37.3 Å². The van der Waals surface area contributed by atoms with Crippen LogP contribution in [0.2, 0.25) is 0 Å². The molecule has 0 bridgehead atoms. The third-order valence-electron chi connectivity index (χ3n) is 3.38. The summed E-state index contributed by atoms with van der Waals surface area (Å²) in [5, 5.41) is 0. The van der Waals surface area contributed by atoms with E-state index >= 15 is 0 Å². The molecule has 1 atom stereocenters. The van der Waals surface area contributed by atoms with Crippen LogP contribution in [-0.2, 0) is 12.8 Å². The van der Waals surface area contributed by atoms with Crippen molar-refractivity contribution in [1.82, 2.24) is 0 Å². The zero-order chi connectivity index (χ0) is 11.5. The molecule has 1 aromatic rings. The largest absolute Gasteiger partial charge is 0.325 e. The smallest absolute Gasteiger partial charge is 0.0223 e. The molecule has 0 aliphatic carbocycles. The van der Waals surface area contributed by atoms with Gasteiger partial charge in [0, 0.05) is 15.3 Å². The Morgan fingerprint density at radius 1 is 1.27 bits per heavy atom. The molecule has 0 radical (unpaired) electrons. The predicted molar refractivity (Wildman–Crippen MR) is 69.4 cm³/mol. The highest BCUT2D eigenvalue weighted by Crippen LogP contribution is 2.27. The molecule has 86 valence electrons. The SMILES string of the molecule is CCc1ccc(CC(N)(CC)C(C)C)s1. The van der Waals surface area contributed by atoms with E-state index in [9.17, 15) is 0 Å². The van der Waals surface area contributed by atoms with Gasteiger partial charge in [-0.15, -0.1) is 11.3 Å². The Bertz CT molecular complexity index is 303. The standard InChI is InChI=1S/C13H23NS/c1-5-11-7-8-12(15-11)9-13(14,6-2)10(3)4/h7-8,10H,5-6,9,14H2,1-4H3. The Balaban J connectivity index is 2.74. The van der Waals surface area contributed by atoms with E-state index < -0.39 is 0 Å². The third kappa shape index (κ3) is 3.05. The van der Waals surface area contributed by atoms with Crippen LogP contribution >= 0.6 is 11.3 Å². The van der Waals surface area contributed by atoms with Crippen LogP contribution in [0.15, 0.2) is 12.1 Å². The van der Waals surface area contributed by atoms with Crippen LogP contribution in [0.3, 0.4) is 0 Å². The van der Waals surface area contributed by atoms with Crippen LogP contribution in [-0.4, -0.2) is 5.54 Å². The van der Waals surface area contributed by atoms with Crippen molar-refractivity contribution >= 4 is 11.3 Å². The Morgan fingerprint density at radius 3 is 2.27 bits per heavy atom. The van der Waals surface area contributed by atoms with E-state index in [-0.39, 0.29) is 5.54 Å². The van der Waals surface area contributed by atoms with E-state index in [0.717, 1.165) is 19.3 Å². The number of nitrogens with two attached hydrogens (primary N) is 1. The summed E-state index contributed by atoms with van der Waals surface area (Å²) >= 11 is 1.91. The first kappa shape index (κ1) is 12.7. The minimum atomic E-state index is -0.0319. The molecule has 2 N–H and O–H groups in total. The third-order valence-corrected chi connectivity index (χ3v) is 4.61. The molecule has 0 amide bonds. The van der Waals surface area contributed by atoms with Crippen molar-refractivity contribution in [2.45, 2.75) is 52.5 Å². The van der Waals surface area contributed by atoms with E-state index in [1.54, 1.807) is 0 Å². The second kappa shape index (κ2) is 5.13. The normalized spacial score (nSPS) is 15.6. The average molecular weight is 225 g/mol. The topological polar surface area (TPSA) is 26.0 Å². The molecular formula is C13H23NS. The summed E-state index contributed by atoms with van der Waals surface area (Å²) in [5.41, 5.74) is 6.40. The monoisotopic (exact) mass is 225 g/mol. The van der Waals surface area contributed by atoms with Gasteiger partial charge in [-0.2, -0.15) is 0 Å². The Kier molecular flexibility index (Phi) is 4.35. The molecule has 0 fully saturated rings. The lowest BCUT2D eigenvalue weighted by Crippen LogP contribution is -2.46. The van der Waals surface area contributed by atoms with Gasteiger partial charge < -0.3 is 5.73 Å². The summed E-state index contributed by atoms with van der Waals surface area (Å²) in [6, 6.07) is 4.47. The van der Waals surface area contributed by atoms with Crippen molar-refractivity contribution < 1.29 is 0 Å². The van der Waals surface area contributed by atoms with E-state index in [1.165, 1.54) is 9.75 Å². The predicted octanol–water partition coefficient (Wildman–Crippen LogP) is 3.62. The number of aryl methyl sites for hydroxylation is 1. The summed E-state index contributed by atoms with van der Waals surface area (Å²) in [7, 11) is 0. The maximum absolute atomic E-state index is 6.43. The molecule has 1 nitrogen and oxygen atoms in total. The number of hydrogen-bond donors (Lipinski definition) is 1. The quantitative estimate of drug-likeness (QED) is 0.814. The highest BCUT2D eigenvalue weighted by atomic mass is 32.1. The first-order chi connectivity index (χ1) is 7.01. The molecule has 0 aromatic carbocycles. The molecule has 1 heterocycles.